The van der Waals surface area contributed by atoms with Crippen LogP contribution in [0.5, 0.6) is 0 Å². The normalized spacial score (nSPS) is 26.8. The molecule has 2 unspecified atom stereocenters. The van der Waals surface area contributed by atoms with Crippen LogP contribution in [-0.2, 0) is 31.6 Å². The number of rotatable bonds is 8. The molecule has 0 aliphatic carbocycles. The maximum absolute atomic E-state index is 11.9. The zero-order chi connectivity index (χ0) is 22.2. The number of nitrogens with zero attached hydrogens (tertiary/aromatic N) is 1. The lowest BCUT2D eigenvalue weighted by molar-refractivity contribution is -0.0235. The number of hydrogen-bond donors (Lipinski definition) is 6. The fraction of sp³-hybridized carbons (Fsp3) is 0.600. The van der Waals surface area contributed by atoms with Gasteiger partial charge in [-0.1, -0.05) is 0 Å². The molecule has 1 aromatic heterocycles. The Kier molecular flexibility index (Phi) is 7.54. The van der Waals surface area contributed by atoms with Gasteiger partial charge in [0.15, 0.2) is 0 Å². The molecule has 166 valence electrons. The van der Waals surface area contributed by atoms with E-state index in [1.54, 1.807) is 0 Å². The van der Waals surface area contributed by atoms with Gasteiger partial charge in [-0.2, -0.15) is 21.3 Å². The van der Waals surface area contributed by atoms with Crippen molar-refractivity contribution in [2.45, 2.75) is 30.9 Å². The van der Waals surface area contributed by atoms with Crippen molar-refractivity contribution in [3.63, 3.8) is 0 Å². The highest BCUT2D eigenvalue weighted by molar-refractivity contribution is 7.81. The van der Waals surface area contributed by atoms with E-state index in [2.05, 4.69) is 30.8 Å². The summed E-state index contributed by atoms with van der Waals surface area (Å²) in [6.45, 7) is 0.764. The number of phosphoric acid groups is 3. The Labute approximate surface area is 167 Å². The predicted octanol–water partition coefficient (Wildman–Crippen LogP) is -0.226. The predicted molar refractivity (Wildman–Crippen MR) is 97.2 cm³/mol. The van der Waals surface area contributed by atoms with Gasteiger partial charge in [-0.3, -0.25) is 18.9 Å². The Morgan fingerprint density at radius 1 is 1.21 bits per heavy atom. The van der Waals surface area contributed by atoms with Crippen LogP contribution in [0.25, 0.3) is 0 Å². The molecule has 2 heterocycles. The van der Waals surface area contributed by atoms with E-state index < -0.39 is 58.9 Å². The maximum atomic E-state index is 11.9. The SMILES string of the molecule is Cc1cn([C@H]2C[C@H](S)[C@@H](COP(=O)(O)OP(=O)(O)OP(=O)(O)O)O2)c(=O)[nH]c1=O. The topological polar surface area (TPSA) is 224 Å². The molecule has 0 amide bonds. The van der Waals surface area contributed by atoms with E-state index in [0.29, 0.717) is 0 Å². The first-order chi connectivity index (χ1) is 13.1. The summed E-state index contributed by atoms with van der Waals surface area (Å²) in [4.78, 5) is 60.9. The molecule has 29 heavy (non-hydrogen) atoms. The molecule has 0 bridgehead atoms. The van der Waals surface area contributed by atoms with Crippen LogP contribution in [0.1, 0.15) is 18.2 Å². The highest BCUT2D eigenvalue weighted by Gasteiger charge is 2.42. The molecule has 5 atom stereocenters. The Morgan fingerprint density at radius 3 is 2.41 bits per heavy atom. The molecule has 1 aliphatic rings. The Bertz CT molecular complexity index is 1020. The van der Waals surface area contributed by atoms with E-state index in [1.165, 1.54) is 13.1 Å². The third kappa shape index (κ3) is 7.24. The van der Waals surface area contributed by atoms with Gasteiger partial charge in [-0.25, -0.2) is 18.5 Å². The minimum absolute atomic E-state index is 0.138. The van der Waals surface area contributed by atoms with E-state index >= 15 is 0 Å². The zero-order valence-corrected chi connectivity index (χ0v) is 18.0. The summed E-state index contributed by atoms with van der Waals surface area (Å²) in [6, 6.07) is 0. The molecule has 1 saturated heterocycles. The lowest BCUT2D eigenvalue weighted by atomic mass is 10.2. The monoisotopic (exact) mass is 498 g/mol. The van der Waals surface area contributed by atoms with E-state index in [0.717, 1.165) is 4.57 Å². The van der Waals surface area contributed by atoms with Crippen LogP contribution in [0.3, 0.4) is 0 Å². The van der Waals surface area contributed by atoms with Crippen molar-refractivity contribution in [1.82, 2.24) is 9.55 Å². The van der Waals surface area contributed by atoms with Gasteiger partial charge in [0.2, 0.25) is 0 Å². The quantitative estimate of drug-likeness (QED) is 0.202. The van der Waals surface area contributed by atoms with Crippen molar-refractivity contribution < 1.29 is 51.2 Å². The van der Waals surface area contributed by atoms with Crippen LogP contribution in [0.4, 0.5) is 0 Å². The highest BCUT2D eigenvalue weighted by Crippen LogP contribution is 2.66. The van der Waals surface area contributed by atoms with Gasteiger partial charge in [-0.05, 0) is 6.92 Å². The average molecular weight is 498 g/mol. The number of aromatic nitrogens is 2. The third-order valence-electron chi connectivity index (χ3n) is 3.48. The van der Waals surface area contributed by atoms with Crippen molar-refractivity contribution >= 4 is 36.1 Å². The molecule has 0 aromatic carbocycles. The minimum Gasteiger partial charge on any atom is -0.351 e. The van der Waals surface area contributed by atoms with Gasteiger partial charge in [0.05, 0.1) is 12.7 Å². The van der Waals surface area contributed by atoms with Crippen LogP contribution >= 0.6 is 36.1 Å². The standard InChI is InChI=1S/C10H17N2O13P3S/c1-5-3-12(10(14)11-9(5)13)8-2-7(29)6(23-8)4-22-27(18,19)25-28(20,21)24-26(15,16)17/h3,6-8,29H,2,4H2,1H3,(H,18,19)(H,20,21)(H,11,13,14)(H2,15,16,17)/t6-,7+,8-/m1/s1. The Balaban J connectivity index is 2.03. The number of ether oxygens (including phenoxy) is 1. The lowest BCUT2D eigenvalue weighted by Gasteiger charge is -2.19. The molecule has 5 N–H and O–H groups in total. The molecule has 19 heteroatoms. The Morgan fingerprint density at radius 2 is 1.83 bits per heavy atom. The Hall–Kier alpha value is -0.600. The maximum Gasteiger partial charge on any atom is 0.490 e. The molecule has 1 fully saturated rings. The largest absolute Gasteiger partial charge is 0.490 e. The number of aryl methyl sites for hydroxylation is 1. The van der Waals surface area contributed by atoms with Crippen LogP contribution in [0.15, 0.2) is 15.8 Å². The number of hydrogen-bond acceptors (Lipinski definition) is 10. The third-order valence-corrected chi connectivity index (χ3v) is 7.82. The van der Waals surface area contributed by atoms with Gasteiger partial charge < -0.3 is 24.3 Å². The number of phosphoric ester groups is 1. The number of aromatic amines is 1. The second kappa shape index (κ2) is 8.87. The summed E-state index contributed by atoms with van der Waals surface area (Å²) in [5.41, 5.74) is -1.09. The van der Waals surface area contributed by atoms with Crippen LogP contribution < -0.4 is 11.2 Å². The van der Waals surface area contributed by atoms with Crippen LogP contribution in [0, 0.1) is 6.92 Å². The zero-order valence-electron chi connectivity index (χ0n) is 14.4. The number of H-pyrrole nitrogens is 1. The molecule has 1 aliphatic heterocycles. The van der Waals surface area contributed by atoms with Crippen LogP contribution in [0.2, 0.25) is 0 Å². The molecule has 2 rings (SSSR count). The van der Waals surface area contributed by atoms with Gasteiger partial charge in [0, 0.05) is 23.4 Å². The summed E-state index contributed by atoms with van der Waals surface area (Å²) in [5, 5.41) is -0.619. The fourth-order valence-electron chi connectivity index (χ4n) is 2.31. The first-order valence-corrected chi connectivity index (χ1v) is 12.6. The number of thiol groups is 1. The molecule has 0 spiro atoms. The van der Waals surface area contributed by atoms with Crippen molar-refractivity contribution in [1.29, 1.82) is 0 Å². The minimum atomic E-state index is -5.63. The fourth-order valence-corrected chi connectivity index (χ4v) is 5.67. The van der Waals surface area contributed by atoms with E-state index in [4.69, 9.17) is 19.4 Å². The summed E-state index contributed by atoms with van der Waals surface area (Å²) in [6.07, 6.45) is -0.488. The molecule has 1 aromatic rings. The summed E-state index contributed by atoms with van der Waals surface area (Å²) < 4.78 is 51.9. The molecule has 0 saturated carbocycles. The first-order valence-electron chi connectivity index (χ1n) is 7.52. The van der Waals surface area contributed by atoms with E-state index in [9.17, 15) is 28.2 Å². The second-order valence-corrected chi connectivity index (χ2v) is 10.9. The van der Waals surface area contributed by atoms with Gasteiger partial charge in [-0.15, -0.1) is 0 Å². The summed E-state index contributed by atoms with van der Waals surface area (Å²) in [5.74, 6) is 0. The van der Waals surface area contributed by atoms with Crippen molar-refractivity contribution in [3.8, 4) is 0 Å². The molecule has 15 nitrogen and oxygen atoms in total. The van der Waals surface area contributed by atoms with E-state index in [-0.39, 0.29) is 12.0 Å². The summed E-state index contributed by atoms with van der Waals surface area (Å²) >= 11 is 4.21. The van der Waals surface area contributed by atoms with Gasteiger partial charge >= 0.3 is 29.2 Å². The van der Waals surface area contributed by atoms with E-state index in [1.807, 2.05) is 0 Å². The second-order valence-electron chi connectivity index (χ2n) is 5.80. The lowest BCUT2D eigenvalue weighted by Crippen LogP contribution is -2.33. The van der Waals surface area contributed by atoms with Gasteiger partial charge in [0.1, 0.15) is 6.23 Å². The summed E-state index contributed by atoms with van der Waals surface area (Å²) in [7, 11) is -16.4. The highest BCUT2D eigenvalue weighted by atomic mass is 32.1. The van der Waals surface area contributed by atoms with Crippen molar-refractivity contribution in [2.24, 2.45) is 0 Å². The molecular formula is C10H17N2O13P3S. The number of nitrogens with one attached hydrogen (secondary N) is 1. The first kappa shape index (κ1) is 24.7. The van der Waals surface area contributed by atoms with Gasteiger partial charge in [0.25, 0.3) is 5.56 Å². The average Bonchev–Trinajstić information content (AvgIpc) is 2.86. The molecular weight excluding hydrogens is 481 g/mol. The van der Waals surface area contributed by atoms with Crippen molar-refractivity contribution in [3.05, 3.63) is 32.6 Å². The molecule has 0 radical (unpaired) electrons. The van der Waals surface area contributed by atoms with Crippen molar-refractivity contribution in [2.75, 3.05) is 6.61 Å². The smallest absolute Gasteiger partial charge is 0.351 e. The van der Waals surface area contributed by atoms with Crippen LogP contribution in [-0.4, -0.2) is 47.1 Å².